The number of fused-ring (bicyclic) bond motifs is 4. The summed E-state index contributed by atoms with van der Waals surface area (Å²) in [5, 5.41) is 2.22. The molecule has 0 bridgehead atoms. The van der Waals surface area contributed by atoms with E-state index in [1.165, 1.54) is 22.2 Å². The first-order valence-electron chi connectivity index (χ1n) is 9.45. The number of nitrogens with zero attached hydrogens (tertiary/aromatic N) is 4. The van der Waals surface area contributed by atoms with Gasteiger partial charge in [-0.3, -0.25) is 9.20 Å². The number of pyridine rings is 1. The van der Waals surface area contributed by atoms with Crippen LogP contribution >= 0.6 is 23.1 Å². The fraction of sp³-hybridized carbons (Fsp3) is 0.333. The first-order valence-corrected chi connectivity index (χ1v) is 11.3. The smallest absolute Gasteiger partial charge is 0.258 e. The lowest BCUT2D eigenvalue weighted by atomic mass is 9.89. The Morgan fingerprint density at radius 3 is 3.11 bits per heavy atom. The summed E-state index contributed by atoms with van der Waals surface area (Å²) in [7, 11) is 0. The Morgan fingerprint density at radius 2 is 2.21 bits per heavy atom. The third-order valence-electron chi connectivity index (χ3n) is 5.27. The molecular weight excluding hydrogens is 388 g/mol. The van der Waals surface area contributed by atoms with E-state index in [-0.39, 0.29) is 5.56 Å². The van der Waals surface area contributed by atoms with Crippen LogP contribution in [0, 0.1) is 12.8 Å². The number of hydrogen-bond acceptors (Lipinski definition) is 6. The number of thiophene rings is 1. The molecule has 0 saturated carbocycles. The zero-order chi connectivity index (χ0) is 19.3. The second-order valence-corrected chi connectivity index (χ2v) is 9.57. The molecule has 4 heterocycles. The predicted molar refractivity (Wildman–Crippen MR) is 114 cm³/mol. The third-order valence-corrected chi connectivity index (χ3v) is 7.46. The molecular formula is C21H20N4OS2. The second-order valence-electron chi connectivity index (χ2n) is 7.52. The molecule has 5 rings (SSSR count). The molecule has 0 aromatic carbocycles. The van der Waals surface area contributed by atoms with Crippen LogP contribution in [-0.2, 0) is 18.6 Å². The number of rotatable bonds is 3. The van der Waals surface area contributed by atoms with Crippen LogP contribution in [0.1, 0.15) is 35.0 Å². The number of aryl methyl sites for hydroxylation is 2. The lowest BCUT2D eigenvalue weighted by molar-refractivity contribution is 0.509. The van der Waals surface area contributed by atoms with Crippen molar-refractivity contribution in [1.29, 1.82) is 0 Å². The molecule has 1 aliphatic rings. The molecule has 7 heteroatoms. The van der Waals surface area contributed by atoms with Crippen molar-refractivity contribution in [2.45, 2.75) is 43.9 Å². The van der Waals surface area contributed by atoms with Crippen LogP contribution in [0.3, 0.4) is 0 Å². The van der Waals surface area contributed by atoms with Crippen molar-refractivity contribution in [2.75, 3.05) is 0 Å². The highest BCUT2D eigenvalue weighted by atomic mass is 32.2. The summed E-state index contributed by atoms with van der Waals surface area (Å²) in [4.78, 5) is 28.7. The van der Waals surface area contributed by atoms with Crippen LogP contribution < -0.4 is 5.56 Å². The lowest BCUT2D eigenvalue weighted by Crippen LogP contribution is -2.15. The fourth-order valence-electron chi connectivity index (χ4n) is 3.83. The molecule has 1 unspecified atom stereocenters. The largest absolute Gasteiger partial charge is 0.269 e. The molecule has 0 fully saturated rings. The average Bonchev–Trinajstić information content (AvgIpc) is 3.05. The Labute approximate surface area is 170 Å². The van der Waals surface area contributed by atoms with Crippen LogP contribution in [0.15, 0.2) is 40.5 Å². The van der Waals surface area contributed by atoms with Gasteiger partial charge in [-0.25, -0.2) is 15.0 Å². The van der Waals surface area contributed by atoms with Gasteiger partial charge in [-0.2, -0.15) is 0 Å². The van der Waals surface area contributed by atoms with Crippen molar-refractivity contribution in [2.24, 2.45) is 5.92 Å². The summed E-state index contributed by atoms with van der Waals surface area (Å²) in [5.74, 6) is 1.36. The van der Waals surface area contributed by atoms with Gasteiger partial charge in [0.25, 0.3) is 5.56 Å². The minimum Gasteiger partial charge on any atom is -0.269 e. The molecule has 5 nitrogen and oxygen atoms in total. The lowest BCUT2D eigenvalue weighted by Gasteiger charge is -2.18. The molecule has 0 amide bonds. The van der Waals surface area contributed by atoms with Crippen molar-refractivity contribution < 1.29 is 0 Å². The van der Waals surface area contributed by atoms with Crippen molar-refractivity contribution in [1.82, 2.24) is 19.4 Å². The standard InChI is InChI=1S/C21H20N4OS2/c1-12-3-5-15-16(7-12)28-21-19(15)20(22-11-23-21)27-10-14-8-18(26)25-9-13(2)4-6-17(25)24-14/h4,6,8-9,11-12H,3,5,7,10H2,1-2H3. The van der Waals surface area contributed by atoms with E-state index in [4.69, 9.17) is 0 Å². The minimum absolute atomic E-state index is 0.0426. The number of hydrogen-bond donors (Lipinski definition) is 0. The normalized spacial score (nSPS) is 16.6. The van der Waals surface area contributed by atoms with Gasteiger partial charge >= 0.3 is 0 Å². The summed E-state index contributed by atoms with van der Waals surface area (Å²) in [6, 6.07) is 5.50. The fourth-order valence-corrected chi connectivity index (χ4v) is 6.16. The summed E-state index contributed by atoms with van der Waals surface area (Å²) >= 11 is 3.46. The van der Waals surface area contributed by atoms with E-state index in [1.807, 2.05) is 36.6 Å². The van der Waals surface area contributed by atoms with E-state index in [0.717, 1.165) is 39.9 Å². The molecule has 4 aromatic heterocycles. The molecule has 28 heavy (non-hydrogen) atoms. The highest BCUT2D eigenvalue weighted by Crippen LogP contribution is 2.40. The van der Waals surface area contributed by atoms with Gasteiger partial charge in [-0.05, 0) is 49.3 Å². The van der Waals surface area contributed by atoms with Gasteiger partial charge in [0.2, 0.25) is 0 Å². The topological polar surface area (TPSA) is 60.2 Å². The van der Waals surface area contributed by atoms with Crippen LogP contribution in [-0.4, -0.2) is 19.4 Å². The van der Waals surface area contributed by atoms with Crippen molar-refractivity contribution in [3.05, 3.63) is 62.8 Å². The maximum Gasteiger partial charge on any atom is 0.258 e. The van der Waals surface area contributed by atoms with Crippen LogP contribution in [0.4, 0.5) is 0 Å². The molecule has 1 aliphatic carbocycles. The van der Waals surface area contributed by atoms with E-state index in [2.05, 4.69) is 21.9 Å². The second kappa shape index (κ2) is 6.97. The molecule has 0 spiro atoms. The van der Waals surface area contributed by atoms with Crippen molar-refractivity contribution in [3.63, 3.8) is 0 Å². The van der Waals surface area contributed by atoms with Gasteiger partial charge in [0, 0.05) is 28.3 Å². The number of aromatic nitrogens is 4. The third kappa shape index (κ3) is 3.12. The summed E-state index contributed by atoms with van der Waals surface area (Å²) < 4.78 is 1.60. The Kier molecular flexibility index (Phi) is 4.44. The Hall–Kier alpha value is -2.25. The maximum absolute atomic E-state index is 12.4. The SMILES string of the molecule is Cc1ccc2nc(CSc3ncnc4sc5c(c34)CCC(C)C5)cc(=O)n2c1. The molecule has 1 atom stereocenters. The van der Waals surface area contributed by atoms with E-state index >= 15 is 0 Å². The van der Waals surface area contributed by atoms with E-state index in [1.54, 1.807) is 28.6 Å². The summed E-state index contributed by atoms with van der Waals surface area (Å²) in [6.07, 6.45) is 6.95. The van der Waals surface area contributed by atoms with E-state index in [0.29, 0.717) is 11.4 Å². The molecule has 0 aliphatic heterocycles. The van der Waals surface area contributed by atoms with Crippen LogP contribution in [0.5, 0.6) is 0 Å². The highest BCUT2D eigenvalue weighted by molar-refractivity contribution is 7.98. The zero-order valence-electron chi connectivity index (χ0n) is 15.8. The van der Waals surface area contributed by atoms with E-state index < -0.39 is 0 Å². The van der Waals surface area contributed by atoms with Crippen LogP contribution in [0.25, 0.3) is 15.9 Å². The summed E-state index contributed by atoms with van der Waals surface area (Å²) in [6.45, 7) is 4.29. The molecule has 0 N–H and O–H groups in total. The average molecular weight is 409 g/mol. The van der Waals surface area contributed by atoms with Gasteiger partial charge < -0.3 is 0 Å². The zero-order valence-corrected chi connectivity index (χ0v) is 17.4. The highest BCUT2D eigenvalue weighted by Gasteiger charge is 2.23. The maximum atomic E-state index is 12.4. The van der Waals surface area contributed by atoms with Crippen molar-refractivity contribution in [3.8, 4) is 0 Å². The first-order chi connectivity index (χ1) is 13.6. The van der Waals surface area contributed by atoms with Gasteiger partial charge in [0.15, 0.2) is 0 Å². The molecule has 0 saturated heterocycles. The van der Waals surface area contributed by atoms with Crippen LogP contribution in [0.2, 0.25) is 0 Å². The van der Waals surface area contributed by atoms with Gasteiger partial charge in [-0.1, -0.05) is 24.8 Å². The predicted octanol–water partition coefficient (Wildman–Crippen LogP) is 4.42. The minimum atomic E-state index is -0.0426. The Morgan fingerprint density at radius 1 is 1.32 bits per heavy atom. The van der Waals surface area contributed by atoms with Gasteiger partial charge in [0.05, 0.1) is 5.69 Å². The Bertz CT molecular complexity index is 1260. The molecule has 4 aromatic rings. The Balaban J connectivity index is 1.49. The van der Waals surface area contributed by atoms with E-state index in [9.17, 15) is 4.79 Å². The van der Waals surface area contributed by atoms with Gasteiger partial charge in [0.1, 0.15) is 21.8 Å². The monoisotopic (exact) mass is 408 g/mol. The van der Waals surface area contributed by atoms with Crippen molar-refractivity contribution >= 4 is 39.0 Å². The first kappa shape index (κ1) is 17.8. The molecule has 142 valence electrons. The molecule has 0 radical (unpaired) electrons. The summed E-state index contributed by atoms with van der Waals surface area (Å²) in [5.41, 5.74) is 3.90. The quantitative estimate of drug-likeness (QED) is 0.371. The number of thioether (sulfide) groups is 1. The van der Waals surface area contributed by atoms with Gasteiger partial charge in [-0.15, -0.1) is 11.3 Å².